The van der Waals surface area contributed by atoms with Gasteiger partial charge in [-0.15, -0.1) is 6.42 Å². The van der Waals surface area contributed by atoms with Crippen LogP contribution in [-0.4, -0.2) is 28.9 Å². The fourth-order valence-electron chi connectivity index (χ4n) is 1.30. The minimum atomic E-state index is -0.654. The highest BCUT2D eigenvalue weighted by Gasteiger charge is 2.36. The Morgan fingerprint density at radius 2 is 2.14 bits per heavy atom. The Kier molecular flexibility index (Phi) is 2.52. The highest BCUT2D eigenvalue weighted by atomic mass is 16.2. The van der Waals surface area contributed by atoms with Gasteiger partial charge in [0.25, 0.3) is 0 Å². The molecule has 0 aliphatic carbocycles. The monoisotopic (exact) mass is 194 g/mol. The summed E-state index contributed by atoms with van der Waals surface area (Å²) in [7, 11) is 0. The Morgan fingerprint density at radius 1 is 1.57 bits per heavy atom. The molecule has 0 aromatic carbocycles. The van der Waals surface area contributed by atoms with Crippen molar-refractivity contribution in [3.8, 4) is 12.3 Å². The molecule has 0 aromatic heterocycles. The molecule has 4 heteroatoms. The maximum atomic E-state index is 11.5. The third kappa shape index (κ3) is 1.72. The Hall–Kier alpha value is -1.50. The summed E-state index contributed by atoms with van der Waals surface area (Å²) in [5.74, 6) is 2.09. The zero-order valence-electron chi connectivity index (χ0n) is 8.63. The van der Waals surface area contributed by atoms with Crippen molar-refractivity contribution in [3.05, 3.63) is 0 Å². The molecule has 1 heterocycles. The molecule has 1 atom stereocenters. The van der Waals surface area contributed by atoms with E-state index in [0.29, 0.717) is 6.54 Å². The lowest BCUT2D eigenvalue weighted by atomic mass is 10.00. The molecule has 0 saturated carbocycles. The molecule has 0 radical (unpaired) electrons. The lowest BCUT2D eigenvalue weighted by molar-refractivity contribution is -0.125. The van der Waals surface area contributed by atoms with Crippen LogP contribution >= 0.6 is 0 Å². The van der Waals surface area contributed by atoms with Gasteiger partial charge in [0.05, 0.1) is 11.5 Å². The Labute approximate surface area is 83.6 Å². The highest BCUT2D eigenvalue weighted by molar-refractivity contribution is 5.98. The van der Waals surface area contributed by atoms with Gasteiger partial charge >= 0.3 is 6.03 Å². The fourth-order valence-corrected chi connectivity index (χ4v) is 1.30. The Balaban J connectivity index is 2.88. The second-order valence-corrected chi connectivity index (χ2v) is 4.01. The molecule has 0 spiro atoms. The summed E-state index contributed by atoms with van der Waals surface area (Å²) in [6.45, 7) is 5.69. The minimum absolute atomic E-state index is 0.208. The van der Waals surface area contributed by atoms with Gasteiger partial charge in [0.2, 0.25) is 5.91 Å². The molecule has 3 amide bonds. The van der Waals surface area contributed by atoms with Gasteiger partial charge in [-0.25, -0.2) is 4.79 Å². The molecule has 1 unspecified atom stereocenters. The first-order chi connectivity index (χ1) is 6.38. The number of carbonyl (C=O) groups excluding carboxylic acids is 2. The summed E-state index contributed by atoms with van der Waals surface area (Å²) in [5.41, 5.74) is -0.654. The number of rotatable bonds is 1. The molecule has 0 aromatic rings. The van der Waals surface area contributed by atoms with Crippen molar-refractivity contribution in [2.45, 2.75) is 26.3 Å². The van der Waals surface area contributed by atoms with Crippen LogP contribution in [0.25, 0.3) is 0 Å². The molecular weight excluding hydrogens is 180 g/mol. The van der Waals surface area contributed by atoms with E-state index in [2.05, 4.69) is 11.2 Å². The first kappa shape index (κ1) is 10.6. The first-order valence-corrected chi connectivity index (χ1v) is 4.48. The lowest BCUT2D eigenvalue weighted by Gasteiger charge is -2.39. The predicted octanol–water partition coefficient (Wildman–Crippen LogP) is 0.586. The number of nitrogens with zero attached hydrogens (tertiary/aromatic N) is 1. The van der Waals surface area contributed by atoms with Crippen molar-refractivity contribution in [1.82, 2.24) is 10.2 Å². The maximum Gasteiger partial charge on any atom is 0.325 e. The van der Waals surface area contributed by atoms with E-state index in [9.17, 15) is 9.59 Å². The van der Waals surface area contributed by atoms with Gasteiger partial charge in [0.1, 0.15) is 0 Å². The highest BCUT2D eigenvalue weighted by Crippen LogP contribution is 2.18. The van der Waals surface area contributed by atoms with Gasteiger partial charge in [-0.3, -0.25) is 10.1 Å². The van der Waals surface area contributed by atoms with E-state index in [-0.39, 0.29) is 11.8 Å². The van der Waals surface area contributed by atoms with Gasteiger partial charge in [-0.1, -0.05) is 12.8 Å². The molecule has 1 aliphatic rings. The molecule has 76 valence electrons. The van der Waals surface area contributed by atoms with E-state index in [1.807, 2.05) is 0 Å². The van der Waals surface area contributed by atoms with Crippen LogP contribution in [0.15, 0.2) is 0 Å². The third-order valence-electron chi connectivity index (χ3n) is 2.41. The Morgan fingerprint density at radius 3 is 2.64 bits per heavy atom. The number of amides is 3. The van der Waals surface area contributed by atoms with E-state index in [1.54, 1.807) is 20.8 Å². The van der Waals surface area contributed by atoms with Crippen molar-refractivity contribution >= 4 is 11.9 Å². The van der Waals surface area contributed by atoms with Crippen LogP contribution in [0.1, 0.15) is 20.8 Å². The second kappa shape index (κ2) is 3.33. The summed E-state index contributed by atoms with van der Waals surface area (Å²) < 4.78 is 0. The number of urea groups is 1. The van der Waals surface area contributed by atoms with E-state index in [0.717, 1.165) is 0 Å². The normalized spacial score (nSPS) is 23.0. The summed E-state index contributed by atoms with van der Waals surface area (Å²) in [4.78, 5) is 24.1. The summed E-state index contributed by atoms with van der Waals surface area (Å²) in [5, 5.41) is 2.27. The largest absolute Gasteiger partial charge is 0.325 e. The van der Waals surface area contributed by atoms with Crippen LogP contribution in [0.3, 0.4) is 0 Å². The van der Waals surface area contributed by atoms with Gasteiger partial charge in [0.15, 0.2) is 0 Å². The molecule has 1 aliphatic heterocycles. The topological polar surface area (TPSA) is 49.4 Å². The summed E-state index contributed by atoms with van der Waals surface area (Å²) in [6, 6.07) is -0.406. The average Bonchev–Trinajstić information content (AvgIpc) is 2.11. The SMILES string of the molecule is C#CC(C)(C)N1CC(C)C(=O)NC1=O. The van der Waals surface area contributed by atoms with Gasteiger partial charge in [-0.05, 0) is 13.8 Å². The van der Waals surface area contributed by atoms with Crippen LogP contribution < -0.4 is 5.32 Å². The Bertz CT molecular complexity index is 315. The molecule has 1 rings (SSSR count). The van der Waals surface area contributed by atoms with Crippen molar-refractivity contribution in [2.24, 2.45) is 5.92 Å². The first-order valence-electron chi connectivity index (χ1n) is 4.48. The summed E-state index contributed by atoms with van der Waals surface area (Å²) >= 11 is 0. The molecule has 1 fully saturated rings. The van der Waals surface area contributed by atoms with Gasteiger partial charge < -0.3 is 4.90 Å². The number of carbonyl (C=O) groups is 2. The van der Waals surface area contributed by atoms with E-state index in [4.69, 9.17) is 6.42 Å². The van der Waals surface area contributed by atoms with Crippen molar-refractivity contribution in [3.63, 3.8) is 0 Å². The molecule has 14 heavy (non-hydrogen) atoms. The van der Waals surface area contributed by atoms with Crippen molar-refractivity contribution in [2.75, 3.05) is 6.54 Å². The van der Waals surface area contributed by atoms with Crippen molar-refractivity contribution < 1.29 is 9.59 Å². The lowest BCUT2D eigenvalue weighted by Crippen LogP contribution is -2.60. The number of terminal acetylenes is 1. The number of nitrogens with one attached hydrogen (secondary N) is 1. The number of imide groups is 1. The molecule has 1 N–H and O–H groups in total. The van der Waals surface area contributed by atoms with Crippen LogP contribution in [0.2, 0.25) is 0 Å². The zero-order chi connectivity index (χ0) is 10.9. The van der Waals surface area contributed by atoms with Crippen LogP contribution in [0, 0.1) is 18.3 Å². The van der Waals surface area contributed by atoms with Crippen LogP contribution in [0.4, 0.5) is 4.79 Å². The number of hydrogen-bond acceptors (Lipinski definition) is 2. The minimum Gasteiger partial charge on any atom is -0.308 e. The number of hydrogen-bond donors (Lipinski definition) is 1. The molecular formula is C10H14N2O2. The van der Waals surface area contributed by atoms with E-state index >= 15 is 0 Å². The standard InChI is InChI=1S/C10H14N2O2/c1-5-10(3,4)12-6-7(2)8(13)11-9(12)14/h1,7H,6H2,2-4H3,(H,11,13,14). The molecule has 1 saturated heterocycles. The third-order valence-corrected chi connectivity index (χ3v) is 2.41. The second-order valence-electron chi connectivity index (χ2n) is 4.01. The van der Waals surface area contributed by atoms with Crippen LogP contribution in [0.5, 0.6) is 0 Å². The van der Waals surface area contributed by atoms with Crippen molar-refractivity contribution in [1.29, 1.82) is 0 Å². The summed E-state index contributed by atoms with van der Waals surface area (Å²) in [6.07, 6.45) is 5.32. The van der Waals surface area contributed by atoms with Gasteiger partial charge in [0, 0.05) is 6.54 Å². The van der Waals surface area contributed by atoms with E-state index in [1.165, 1.54) is 4.90 Å². The smallest absolute Gasteiger partial charge is 0.308 e. The maximum absolute atomic E-state index is 11.5. The predicted molar refractivity (Wildman–Crippen MR) is 52.3 cm³/mol. The average molecular weight is 194 g/mol. The van der Waals surface area contributed by atoms with E-state index < -0.39 is 11.6 Å². The molecule has 0 bridgehead atoms. The quantitative estimate of drug-likeness (QED) is 0.621. The molecule has 4 nitrogen and oxygen atoms in total. The van der Waals surface area contributed by atoms with Crippen LogP contribution in [-0.2, 0) is 4.79 Å². The fraction of sp³-hybridized carbons (Fsp3) is 0.600. The van der Waals surface area contributed by atoms with Gasteiger partial charge in [-0.2, -0.15) is 0 Å². The zero-order valence-corrected chi connectivity index (χ0v) is 8.63.